The van der Waals surface area contributed by atoms with Crippen LogP contribution in [-0.2, 0) is 14.3 Å². The Kier molecular flexibility index (Phi) is 9.81. The van der Waals surface area contributed by atoms with E-state index >= 15 is 0 Å². The fourth-order valence-electron chi connectivity index (χ4n) is 1.49. The maximum atomic E-state index is 11.5. The fourth-order valence-corrected chi connectivity index (χ4v) is 1.49. The largest absolute Gasteiger partial charge is 0.453 e. The van der Waals surface area contributed by atoms with Crippen LogP contribution < -0.4 is 16.0 Å². The zero-order valence-electron chi connectivity index (χ0n) is 12.2. The van der Waals surface area contributed by atoms with E-state index in [1.165, 1.54) is 14.2 Å². The number of hydrogen-bond donors (Lipinski definition) is 3. The quantitative estimate of drug-likeness (QED) is 0.560. The van der Waals surface area contributed by atoms with E-state index in [1.54, 1.807) is 6.92 Å². The van der Waals surface area contributed by atoms with E-state index < -0.39 is 18.2 Å². The number of alkyl carbamates (subject to hydrolysis) is 2. The van der Waals surface area contributed by atoms with Crippen LogP contribution in [0.2, 0.25) is 0 Å². The van der Waals surface area contributed by atoms with Crippen molar-refractivity contribution in [2.24, 2.45) is 0 Å². The highest BCUT2D eigenvalue weighted by molar-refractivity contribution is 5.85. The SMILES string of the molecule is CCOC(=O)NCCCCC(NC(=O)OC)C(=O)NC. The first-order valence-corrected chi connectivity index (χ1v) is 6.51. The number of carbonyl (C=O) groups excluding carboxylic acids is 3. The van der Waals surface area contributed by atoms with Crippen LogP contribution in [-0.4, -0.2) is 51.4 Å². The highest BCUT2D eigenvalue weighted by Crippen LogP contribution is 2.01. The zero-order chi connectivity index (χ0) is 15.4. The van der Waals surface area contributed by atoms with Crippen molar-refractivity contribution in [3.63, 3.8) is 0 Å². The third-order valence-corrected chi connectivity index (χ3v) is 2.50. The molecule has 1 unspecified atom stereocenters. The number of nitrogens with one attached hydrogen (secondary N) is 3. The van der Waals surface area contributed by atoms with Gasteiger partial charge < -0.3 is 25.4 Å². The summed E-state index contributed by atoms with van der Waals surface area (Å²) in [5.41, 5.74) is 0. The van der Waals surface area contributed by atoms with Gasteiger partial charge in [-0.1, -0.05) is 0 Å². The Morgan fingerprint density at radius 3 is 2.40 bits per heavy atom. The van der Waals surface area contributed by atoms with Crippen molar-refractivity contribution in [1.29, 1.82) is 0 Å². The van der Waals surface area contributed by atoms with Gasteiger partial charge in [0.25, 0.3) is 0 Å². The molecule has 0 bridgehead atoms. The van der Waals surface area contributed by atoms with Crippen molar-refractivity contribution >= 4 is 18.1 Å². The van der Waals surface area contributed by atoms with E-state index in [-0.39, 0.29) is 5.91 Å². The monoisotopic (exact) mass is 289 g/mol. The first-order valence-electron chi connectivity index (χ1n) is 6.51. The Morgan fingerprint density at radius 1 is 1.15 bits per heavy atom. The molecule has 3 amide bonds. The van der Waals surface area contributed by atoms with E-state index in [0.717, 1.165) is 0 Å². The summed E-state index contributed by atoms with van der Waals surface area (Å²) in [7, 11) is 2.73. The van der Waals surface area contributed by atoms with Crippen LogP contribution in [0.15, 0.2) is 0 Å². The predicted octanol–water partition coefficient (Wildman–Crippen LogP) is 0.373. The summed E-state index contributed by atoms with van der Waals surface area (Å²) in [5.74, 6) is -0.284. The van der Waals surface area contributed by atoms with Gasteiger partial charge in [-0.15, -0.1) is 0 Å². The third-order valence-electron chi connectivity index (χ3n) is 2.50. The van der Waals surface area contributed by atoms with Crippen molar-refractivity contribution in [3.8, 4) is 0 Å². The Labute approximate surface area is 118 Å². The first-order chi connectivity index (χ1) is 9.54. The van der Waals surface area contributed by atoms with Crippen molar-refractivity contribution in [1.82, 2.24) is 16.0 Å². The van der Waals surface area contributed by atoms with Crippen LogP contribution in [0.1, 0.15) is 26.2 Å². The van der Waals surface area contributed by atoms with Gasteiger partial charge in [-0.25, -0.2) is 9.59 Å². The van der Waals surface area contributed by atoms with Crippen LogP contribution in [0.25, 0.3) is 0 Å². The molecule has 0 heterocycles. The van der Waals surface area contributed by atoms with Gasteiger partial charge >= 0.3 is 12.2 Å². The molecule has 0 aliphatic heterocycles. The van der Waals surface area contributed by atoms with Gasteiger partial charge in [0.2, 0.25) is 5.91 Å². The summed E-state index contributed by atoms with van der Waals surface area (Å²) in [4.78, 5) is 33.7. The van der Waals surface area contributed by atoms with Crippen LogP contribution in [0.3, 0.4) is 0 Å². The lowest BCUT2D eigenvalue weighted by Crippen LogP contribution is -2.45. The lowest BCUT2D eigenvalue weighted by Gasteiger charge is -2.16. The minimum absolute atomic E-state index is 0.284. The average molecular weight is 289 g/mol. The molecule has 0 rings (SSSR count). The highest BCUT2D eigenvalue weighted by Gasteiger charge is 2.19. The van der Waals surface area contributed by atoms with Crippen molar-refractivity contribution in [2.75, 3.05) is 27.3 Å². The lowest BCUT2D eigenvalue weighted by molar-refractivity contribution is -0.122. The molecule has 0 saturated heterocycles. The minimum atomic E-state index is -0.650. The van der Waals surface area contributed by atoms with E-state index in [2.05, 4.69) is 20.7 Å². The van der Waals surface area contributed by atoms with Crippen molar-refractivity contribution in [2.45, 2.75) is 32.2 Å². The highest BCUT2D eigenvalue weighted by atomic mass is 16.5. The second kappa shape index (κ2) is 10.9. The summed E-state index contributed by atoms with van der Waals surface area (Å²) in [6.45, 7) is 2.51. The second-order valence-electron chi connectivity index (χ2n) is 3.95. The van der Waals surface area contributed by atoms with Crippen LogP contribution in [0.4, 0.5) is 9.59 Å². The molecule has 0 fully saturated rings. The van der Waals surface area contributed by atoms with E-state index in [1.807, 2.05) is 0 Å². The molecule has 0 aromatic rings. The topological polar surface area (TPSA) is 106 Å². The molecule has 1 atom stereocenters. The molecule has 8 heteroatoms. The lowest BCUT2D eigenvalue weighted by atomic mass is 10.1. The molecule has 20 heavy (non-hydrogen) atoms. The molecule has 0 aromatic carbocycles. The second-order valence-corrected chi connectivity index (χ2v) is 3.95. The maximum absolute atomic E-state index is 11.5. The summed E-state index contributed by atoms with van der Waals surface area (Å²) in [6.07, 6.45) is 0.689. The van der Waals surface area contributed by atoms with Gasteiger partial charge in [0.1, 0.15) is 6.04 Å². The van der Waals surface area contributed by atoms with Gasteiger partial charge in [0, 0.05) is 13.6 Å². The van der Waals surface area contributed by atoms with Crippen LogP contribution >= 0.6 is 0 Å². The normalized spacial score (nSPS) is 11.2. The van der Waals surface area contributed by atoms with Crippen LogP contribution in [0.5, 0.6) is 0 Å². The molecule has 3 N–H and O–H groups in total. The fraction of sp³-hybridized carbons (Fsp3) is 0.750. The molecule has 0 radical (unpaired) electrons. The molecule has 0 saturated carbocycles. The van der Waals surface area contributed by atoms with Gasteiger partial charge in [-0.3, -0.25) is 4.79 Å². The Hall–Kier alpha value is -1.99. The molecular formula is C12H23N3O5. The van der Waals surface area contributed by atoms with Crippen molar-refractivity contribution < 1.29 is 23.9 Å². The third kappa shape index (κ3) is 8.17. The number of methoxy groups -OCH3 is 1. The smallest absolute Gasteiger partial charge is 0.407 e. The van der Waals surface area contributed by atoms with Gasteiger partial charge in [-0.2, -0.15) is 0 Å². The number of hydrogen-bond acceptors (Lipinski definition) is 5. The summed E-state index contributed by atoms with van der Waals surface area (Å²) >= 11 is 0. The summed E-state index contributed by atoms with van der Waals surface area (Å²) < 4.78 is 9.16. The molecule has 116 valence electrons. The molecule has 8 nitrogen and oxygen atoms in total. The average Bonchev–Trinajstić information content (AvgIpc) is 2.44. The number of carbonyl (C=O) groups is 3. The van der Waals surface area contributed by atoms with E-state index in [9.17, 15) is 14.4 Å². The first kappa shape index (κ1) is 18.0. The molecule has 0 spiro atoms. The van der Waals surface area contributed by atoms with E-state index in [0.29, 0.717) is 32.4 Å². The number of rotatable bonds is 8. The molecule has 0 aromatic heterocycles. The van der Waals surface area contributed by atoms with Gasteiger partial charge in [0.05, 0.1) is 13.7 Å². The predicted molar refractivity (Wildman–Crippen MR) is 72.3 cm³/mol. The van der Waals surface area contributed by atoms with E-state index in [4.69, 9.17) is 4.74 Å². The number of likely N-dealkylation sites (N-methyl/N-ethyl adjacent to an activating group) is 1. The Bertz CT molecular complexity index is 322. The number of unbranched alkanes of at least 4 members (excludes halogenated alkanes) is 1. The Balaban J connectivity index is 3.93. The molecular weight excluding hydrogens is 266 g/mol. The van der Waals surface area contributed by atoms with Crippen molar-refractivity contribution in [3.05, 3.63) is 0 Å². The summed E-state index contributed by atoms with van der Waals surface area (Å²) in [5, 5.41) is 7.50. The number of ether oxygens (including phenoxy) is 2. The van der Waals surface area contributed by atoms with Gasteiger partial charge in [-0.05, 0) is 26.2 Å². The summed E-state index contributed by atoms with van der Waals surface area (Å²) in [6, 6.07) is -0.643. The molecule has 0 aliphatic rings. The van der Waals surface area contributed by atoms with Gasteiger partial charge in [0.15, 0.2) is 0 Å². The minimum Gasteiger partial charge on any atom is -0.453 e. The Morgan fingerprint density at radius 2 is 1.85 bits per heavy atom. The standard InChI is InChI=1S/C12H23N3O5/c1-4-20-11(17)14-8-6-5-7-9(10(16)13-2)15-12(18)19-3/h9H,4-8H2,1-3H3,(H,13,16)(H,14,17)(H,15,18). The zero-order valence-corrected chi connectivity index (χ0v) is 12.2. The maximum Gasteiger partial charge on any atom is 0.407 e. The molecule has 0 aliphatic carbocycles. The number of amides is 3. The van der Waals surface area contributed by atoms with Crippen LogP contribution in [0, 0.1) is 0 Å².